The second kappa shape index (κ2) is 7.53. The minimum Gasteiger partial charge on any atom is -0.324 e. The van der Waals surface area contributed by atoms with Crippen molar-refractivity contribution in [1.82, 2.24) is 14.8 Å². The molecule has 1 aromatic heterocycles. The summed E-state index contributed by atoms with van der Waals surface area (Å²) < 4.78 is 1.10. The lowest BCUT2D eigenvalue weighted by Gasteiger charge is -2.16. The van der Waals surface area contributed by atoms with Gasteiger partial charge in [0.1, 0.15) is 6.04 Å². The Morgan fingerprint density at radius 3 is 2.26 bits per heavy atom. The molecule has 0 aliphatic carbocycles. The first-order chi connectivity index (χ1) is 12.9. The maximum atomic E-state index is 12.6. The van der Waals surface area contributed by atoms with E-state index in [0.717, 1.165) is 32.6 Å². The molecule has 27 heavy (non-hydrogen) atoms. The summed E-state index contributed by atoms with van der Waals surface area (Å²) in [5.41, 5.74) is 4.54. The molecule has 0 bridgehead atoms. The molecule has 0 aliphatic heterocycles. The number of para-hydroxylation sites is 1. The highest BCUT2D eigenvalue weighted by Crippen LogP contribution is 2.21. The molecule has 1 N–H and O–H groups in total. The van der Waals surface area contributed by atoms with Gasteiger partial charge >= 0.3 is 5.69 Å². The van der Waals surface area contributed by atoms with E-state index in [0.29, 0.717) is 5.69 Å². The summed E-state index contributed by atoms with van der Waals surface area (Å²) in [6.45, 7) is 7.47. The molecule has 1 amide bonds. The van der Waals surface area contributed by atoms with Gasteiger partial charge in [0.15, 0.2) is 0 Å². The number of carbonyl (C=O) groups excluding carboxylic acids is 1. The predicted octanol–water partition coefficient (Wildman–Crippen LogP) is 3.43. The summed E-state index contributed by atoms with van der Waals surface area (Å²) in [6, 6.07) is 12.7. The van der Waals surface area contributed by atoms with E-state index >= 15 is 0 Å². The van der Waals surface area contributed by atoms with Crippen molar-refractivity contribution in [1.29, 1.82) is 0 Å². The molecule has 1 unspecified atom stereocenters. The summed E-state index contributed by atoms with van der Waals surface area (Å²) in [5, 5.41) is 7.06. The van der Waals surface area contributed by atoms with Crippen LogP contribution in [0.1, 0.15) is 29.7 Å². The summed E-state index contributed by atoms with van der Waals surface area (Å²) in [7, 11) is 0. The van der Waals surface area contributed by atoms with Crippen molar-refractivity contribution in [3.8, 4) is 11.3 Å². The van der Waals surface area contributed by atoms with Gasteiger partial charge in [-0.05, 0) is 38.8 Å². The number of aryl methyl sites for hydroxylation is 3. The minimum atomic E-state index is -0.781. The van der Waals surface area contributed by atoms with Crippen molar-refractivity contribution in [2.75, 3.05) is 5.32 Å². The first-order valence-corrected chi connectivity index (χ1v) is 8.77. The Balaban J connectivity index is 1.84. The van der Waals surface area contributed by atoms with Gasteiger partial charge in [-0.1, -0.05) is 48.0 Å². The van der Waals surface area contributed by atoms with Gasteiger partial charge in [-0.3, -0.25) is 4.79 Å². The number of nitrogens with one attached hydrogen (secondary N) is 1. The average Bonchev–Trinajstić information content (AvgIpc) is 2.64. The van der Waals surface area contributed by atoms with Gasteiger partial charge in [0.2, 0.25) is 5.91 Å². The maximum absolute atomic E-state index is 12.6. The summed E-state index contributed by atoms with van der Waals surface area (Å²) in [4.78, 5) is 29.1. The van der Waals surface area contributed by atoms with Crippen LogP contribution < -0.4 is 11.0 Å². The number of hydrogen-bond acceptors (Lipinski definition) is 4. The molecular weight excluding hydrogens is 340 g/mol. The van der Waals surface area contributed by atoms with E-state index in [1.54, 1.807) is 6.92 Å². The normalized spacial score (nSPS) is 11.9. The van der Waals surface area contributed by atoms with Gasteiger partial charge in [0.25, 0.3) is 0 Å². The predicted molar refractivity (Wildman–Crippen MR) is 106 cm³/mol. The second-order valence-corrected chi connectivity index (χ2v) is 6.67. The van der Waals surface area contributed by atoms with Gasteiger partial charge in [-0.15, -0.1) is 0 Å². The summed E-state index contributed by atoms with van der Waals surface area (Å²) >= 11 is 0. The highest BCUT2D eigenvalue weighted by atomic mass is 16.2. The van der Waals surface area contributed by atoms with Crippen LogP contribution in [0.3, 0.4) is 0 Å². The van der Waals surface area contributed by atoms with E-state index in [-0.39, 0.29) is 5.91 Å². The topological polar surface area (TPSA) is 76.9 Å². The Morgan fingerprint density at radius 1 is 1.04 bits per heavy atom. The fraction of sp³-hybridized carbons (Fsp3) is 0.238. The third kappa shape index (κ3) is 3.95. The van der Waals surface area contributed by atoms with Crippen LogP contribution in [0.15, 0.2) is 53.5 Å². The summed E-state index contributed by atoms with van der Waals surface area (Å²) in [6.07, 6.45) is 1.51. The van der Waals surface area contributed by atoms with E-state index in [1.807, 2.05) is 63.2 Å². The highest BCUT2D eigenvalue weighted by molar-refractivity contribution is 5.94. The molecule has 0 spiro atoms. The number of anilines is 1. The van der Waals surface area contributed by atoms with E-state index in [1.165, 1.54) is 6.20 Å². The van der Waals surface area contributed by atoms with Crippen LogP contribution in [0.5, 0.6) is 0 Å². The number of hydrogen-bond donors (Lipinski definition) is 1. The van der Waals surface area contributed by atoms with Gasteiger partial charge in [-0.2, -0.15) is 10.1 Å². The van der Waals surface area contributed by atoms with Crippen LogP contribution in [0.4, 0.5) is 5.69 Å². The lowest BCUT2D eigenvalue weighted by atomic mass is 10.1. The molecule has 6 heteroatoms. The molecule has 138 valence electrons. The van der Waals surface area contributed by atoms with Gasteiger partial charge in [0, 0.05) is 11.3 Å². The molecule has 2 aromatic carbocycles. The van der Waals surface area contributed by atoms with Crippen LogP contribution in [-0.2, 0) is 4.79 Å². The van der Waals surface area contributed by atoms with E-state index < -0.39 is 11.7 Å². The second-order valence-electron chi connectivity index (χ2n) is 6.67. The SMILES string of the molecule is Cc1ccc(-c2cnn(C(C)C(=O)Nc3c(C)cccc3C)c(=O)n2)cc1. The molecule has 3 aromatic rings. The largest absolute Gasteiger partial charge is 0.365 e. The number of amides is 1. The standard InChI is InChI=1S/C21H22N4O2/c1-13-8-10-17(11-9-13)18-12-22-25(21(27)23-18)16(4)20(26)24-19-14(2)6-5-7-15(19)3/h5-12,16H,1-4H3,(H,24,26). The highest BCUT2D eigenvalue weighted by Gasteiger charge is 2.19. The zero-order valence-electron chi connectivity index (χ0n) is 15.9. The zero-order chi connectivity index (χ0) is 19.6. The van der Waals surface area contributed by atoms with Crippen LogP contribution >= 0.6 is 0 Å². The smallest absolute Gasteiger partial charge is 0.324 e. The van der Waals surface area contributed by atoms with E-state index in [9.17, 15) is 9.59 Å². The van der Waals surface area contributed by atoms with Crippen molar-refractivity contribution in [3.05, 3.63) is 75.8 Å². The molecule has 0 saturated carbocycles. The Labute approximate surface area is 157 Å². The third-order valence-electron chi connectivity index (χ3n) is 4.54. The molecule has 1 heterocycles. The van der Waals surface area contributed by atoms with Crippen LogP contribution in [-0.4, -0.2) is 20.7 Å². The van der Waals surface area contributed by atoms with Crippen molar-refractivity contribution in [2.24, 2.45) is 0 Å². The van der Waals surface area contributed by atoms with Crippen molar-refractivity contribution in [2.45, 2.75) is 33.7 Å². The average molecular weight is 362 g/mol. The van der Waals surface area contributed by atoms with Crippen molar-refractivity contribution >= 4 is 11.6 Å². The first-order valence-electron chi connectivity index (χ1n) is 8.77. The molecule has 0 radical (unpaired) electrons. The molecule has 6 nitrogen and oxygen atoms in total. The monoisotopic (exact) mass is 362 g/mol. The third-order valence-corrected chi connectivity index (χ3v) is 4.54. The Hall–Kier alpha value is -3.28. The van der Waals surface area contributed by atoms with E-state index in [2.05, 4.69) is 15.4 Å². The molecule has 1 atom stereocenters. The lowest BCUT2D eigenvalue weighted by Crippen LogP contribution is -2.35. The van der Waals surface area contributed by atoms with E-state index in [4.69, 9.17) is 0 Å². The van der Waals surface area contributed by atoms with Crippen LogP contribution in [0, 0.1) is 20.8 Å². The first kappa shape index (κ1) is 18.5. The lowest BCUT2D eigenvalue weighted by molar-refractivity contribution is -0.119. The van der Waals surface area contributed by atoms with Crippen LogP contribution in [0.25, 0.3) is 11.3 Å². The number of benzene rings is 2. The molecule has 0 aliphatic rings. The van der Waals surface area contributed by atoms with Gasteiger partial charge < -0.3 is 5.32 Å². The Kier molecular flexibility index (Phi) is 5.16. The number of rotatable bonds is 4. The van der Waals surface area contributed by atoms with Crippen molar-refractivity contribution in [3.63, 3.8) is 0 Å². The number of aromatic nitrogens is 3. The minimum absolute atomic E-state index is 0.313. The zero-order valence-corrected chi connectivity index (χ0v) is 15.9. The van der Waals surface area contributed by atoms with Gasteiger partial charge in [0.05, 0.1) is 11.9 Å². The fourth-order valence-electron chi connectivity index (χ4n) is 2.83. The van der Waals surface area contributed by atoms with Gasteiger partial charge in [-0.25, -0.2) is 9.48 Å². The maximum Gasteiger partial charge on any atom is 0.365 e. The Morgan fingerprint density at radius 2 is 1.67 bits per heavy atom. The Bertz CT molecular complexity index is 1020. The quantitative estimate of drug-likeness (QED) is 0.771. The molecule has 3 rings (SSSR count). The summed E-state index contributed by atoms with van der Waals surface area (Å²) in [5.74, 6) is -0.313. The molecule has 0 fully saturated rings. The van der Waals surface area contributed by atoms with Crippen molar-refractivity contribution < 1.29 is 4.79 Å². The van der Waals surface area contributed by atoms with Crippen LogP contribution in [0.2, 0.25) is 0 Å². The number of carbonyl (C=O) groups is 1. The molecule has 0 saturated heterocycles. The fourth-order valence-corrected chi connectivity index (χ4v) is 2.83. The number of nitrogens with zero attached hydrogens (tertiary/aromatic N) is 3. The molecular formula is C21H22N4O2.